The molecule has 1 amide bonds. The Morgan fingerprint density at radius 1 is 0.943 bits per heavy atom. The Morgan fingerprint density at radius 3 is 2.34 bits per heavy atom. The Balaban J connectivity index is 1.61. The van der Waals surface area contributed by atoms with Crippen LogP contribution in [0.2, 0.25) is 0 Å². The number of hydrogen-bond acceptors (Lipinski definition) is 6. The first-order valence-electron chi connectivity index (χ1n) is 10.9. The van der Waals surface area contributed by atoms with Gasteiger partial charge in [0, 0.05) is 23.9 Å². The number of methoxy groups -OCH3 is 2. The second kappa shape index (κ2) is 8.94. The molecule has 2 aromatic heterocycles. The van der Waals surface area contributed by atoms with Gasteiger partial charge in [-0.1, -0.05) is 36.4 Å². The fourth-order valence-electron chi connectivity index (χ4n) is 3.96. The summed E-state index contributed by atoms with van der Waals surface area (Å²) in [5.74, 6) is 0.363. The Bertz CT molecular complexity index is 1600. The molecule has 5 rings (SSSR count). The van der Waals surface area contributed by atoms with E-state index in [1.54, 1.807) is 22.8 Å². The lowest BCUT2D eigenvalue weighted by Gasteiger charge is -2.12. The van der Waals surface area contributed by atoms with Gasteiger partial charge >= 0.3 is 0 Å². The van der Waals surface area contributed by atoms with E-state index in [1.165, 1.54) is 18.7 Å². The van der Waals surface area contributed by atoms with E-state index in [2.05, 4.69) is 15.4 Å². The summed E-state index contributed by atoms with van der Waals surface area (Å²) < 4.78 is 13.6. The molecule has 35 heavy (non-hydrogen) atoms. The highest BCUT2D eigenvalue weighted by atomic mass is 16.5. The maximum absolute atomic E-state index is 13.5. The summed E-state index contributed by atoms with van der Waals surface area (Å²) in [5, 5.41) is 7.13. The van der Waals surface area contributed by atoms with Gasteiger partial charge in [-0.3, -0.25) is 14.2 Å². The van der Waals surface area contributed by atoms with Crippen molar-refractivity contribution in [1.82, 2.24) is 19.2 Å². The zero-order valence-corrected chi connectivity index (χ0v) is 19.5. The first-order valence-corrected chi connectivity index (χ1v) is 10.9. The molecule has 3 aromatic carbocycles. The van der Waals surface area contributed by atoms with Crippen molar-refractivity contribution in [3.05, 3.63) is 94.0 Å². The van der Waals surface area contributed by atoms with Crippen LogP contribution in [0.1, 0.15) is 21.7 Å². The number of benzene rings is 3. The van der Waals surface area contributed by atoms with Crippen LogP contribution >= 0.6 is 0 Å². The van der Waals surface area contributed by atoms with Crippen LogP contribution in [0.25, 0.3) is 16.7 Å². The minimum absolute atomic E-state index is 0.0747. The molecule has 0 fully saturated rings. The maximum atomic E-state index is 13.5. The third kappa shape index (κ3) is 4.19. The number of carbonyl (C=O) groups excluding carboxylic acids is 1. The van der Waals surface area contributed by atoms with Gasteiger partial charge in [-0.25, -0.2) is 4.52 Å². The highest BCUT2D eigenvalue weighted by Gasteiger charge is 2.20. The smallest absolute Gasteiger partial charge is 0.296 e. The monoisotopic (exact) mass is 469 g/mol. The third-order valence-corrected chi connectivity index (χ3v) is 5.69. The molecule has 0 atom stereocenters. The van der Waals surface area contributed by atoms with Gasteiger partial charge in [-0.05, 0) is 30.2 Å². The Kier molecular flexibility index (Phi) is 5.66. The van der Waals surface area contributed by atoms with Gasteiger partial charge < -0.3 is 14.8 Å². The van der Waals surface area contributed by atoms with Crippen molar-refractivity contribution in [3.8, 4) is 11.5 Å². The summed E-state index contributed by atoms with van der Waals surface area (Å²) in [7, 11) is 3.05. The van der Waals surface area contributed by atoms with E-state index in [-0.39, 0.29) is 17.0 Å². The molecule has 0 saturated carbocycles. The van der Waals surface area contributed by atoms with Crippen LogP contribution in [-0.2, 0) is 6.54 Å². The molecule has 9 heteroatoms. The zero-order valence-electron chi connectivity index (χ0n) is 19.5. The molecule has 1 N–H and O–H groups in total. The number of fused-ring (bicyclic) bond motifs is 3. The van der Waals surface area contributed by atoms with Crippen LogP contribution in [-0.4, -0.2) is 39.3 Å². The molecule has 0 unspecified atom stereocenters. The van der Waals surface area contributed by atoms with Gasteiger partial charge in [0.25, 0.3) is 11.5 Å². The van der Waals surface area contributed by atoms with Gasteiger partial charge in [0.2, 0.25) is 11.5 Å². The van der Waals surface area contributed by atoms with E-state index in [0.29, 0.717) is 34.8 Å². The molecule has 176 valence electrons. The van der Waals surface area contributed by atoms with Gasteiger partial charge in [-0.15, -0.1) is 5.10 Å². The predicted molar refractivity (Wildman–Crippen MR) is 133 cm³/mol. The second-order valence-corrected chi connectivity index (χ2v) is 8.10. The molecule has 5 aromatic rings. The van der Waals surface area contributed by atoms with Crippen molar-refractivity contribution in [3.63, 3.8) is 0 Å². The van der Waals surface area contributed by atoms with Crippen molar-refractivity contribution >= 4 is 28.3 Å². The lowest BCUT2D eigenvalue weighted by molar-refractivity contribution is 0.101. The second-order valence-electron chi connectivity index (χ2n) is 8.10. The number of ether oxygens (including phenoxy) is 2. The number of hydrogen-bond donors (Lipinski definition) is 1. The minimum Gasteiger partial charge on any atom is -0.497 e. The van der Waals surface area contributed by atoms with Gasteiger partial charge in [-0.2, -0.15) is 4.98 Å². The van der Waals surface area contributed by atoms with Crippen molar-refractivity contribution in [2.24, 2.45) is 0 Å². The number of aryl methyl sites for hydroxylation is 1. The average Bonchev–Trinajstić information content (AvgIpc) is 3.33. The van der Waals surface area contributed by atoms with Crippen molar-refractivity contribution in [2.75, 3.05) is 19.5 Å². The Hall–Kier alpha value is -4.66. The van der Waals surface area contributed by atoms with Crippen LogP contribution in [0, 0.1) is 6.92 Å². The molecule has 0 aliphatic rings. The molecule has 0 saturated heterocycles. The standard InChI is InChI=1S/C26H23N5O4/c1-16-9-10-21-22(11-16)30(15-17-7-5-4-6-8-17)26(33)24-28-23(29-31(21)24)25(32)27-18-12-19(34-2)14-20(13-18)35-3/h4-14H,15H2,1-3H3,(H,27,32). The van der Waals surface area contributed by atoms with E-state index in [4.69, 9.17) is 9.47 Å². The summed E-state index contributed by atoms with van der Waals surface area (Å²) >= 11 is 0. The topological polar surface area (TPSA) is 99.8 Å². The highest BCUT2D eigenvalue weighted by molar-refractivity contribution is 6.02. The van der Waals surface area contributed by atoms with Crippen LogP contribution < -0.4 is 20.3 Å². The fourth-order valence-corrected chi connectivity index (χ4v) is 3.96. The number of amides is 1. The lowest BCUT2D eigenvalue weighted by atomic mass is 10.2. The number of nitrogens with one attached hydrogen (secondary N) is 1. The number of anilines is 1. The number of nitrogens with zero attached hydrogens (tertiary/aromatic N) is 4. The van der Waals surface area contributed by atoms with E-state index >= 15 is 0 Å². The van der Waals surface area contributed by atoms with Gasteiger partial charge in [0.1, 0.15) is 11.5 Å². The van der Waals surface area contributed by atoms with E-state index < -0.39 is 5.91 Å². The average molecular weight is 470 g/mol. The Morgan fingerprint density at radius 2 is 1.66 bits per heavy atom. The molecular weight excluding hydrogens is 446 g/mol. The summed E-state index contributed by atoms with van der Waals surface area (Å²) in [4.78, 5) is 30.8. The maximum Gasteiger partial charge on any atom is 0.296 e. The minimum atomic E-state index is -0.557. The highest BCUT2D eigenvalue weighted by Crippen LogP contribution is 2.26. The van der Waals surface area contributed by atoms with Crippen LogP contribution in [0.4, 0.5) is 5.69 Å². The number of aromatic nitrogens is 4. The van der Waals surface area contributed by atoms with Gasteiger partial charge in [0.15, 0.2) is 0 Å². The molecule has 0 aliphatic carbocycles. The SMILES string of the molecule is COc1cc(NC(=O)c2nc3c(=O)n(Cc4ccccc4)c4cc(C)ccc4n3n2)cc(OC)c1. The first kappa shape index (κ1) is 22.1. The van der Waals surface area contributed by atoms with Gasteiger partial charge in [0.05, 0.1) is 31.8 Å². The normalized spacial score (nSPS) is 11.1. The quantitative estimate of drug-likeness (QED) is 0.407. The molecule has 0 aliphatic heterocycles. The largest absolute Gasteiger partial charge is 0.497 e. The van der Waals surface area contributed by atoms with Crippen molar-refractivity contribution in [2.45, 2.75) is 13.5 Å². The summed E-state index contributed by atoms with van der Waals surface area (Å²) in [6, 6.07) is 20.5. The lowest BCUT2D eigenvalue weighted by Crippen LogP contribution is -2.24. The summed E-state index contributed by atoms with van der Waals surface area (Å²) in [5.41, 5.74) is 3.56. The van der Waals surface area contributed by atoms with Crippen molar-refractivity contribution < 1.29 is 14.3 Å². The molecule has 9 nitrogen and oxygen atoms in total. The number of rotatable bonds is 6. The molecule has 2 heterocycles. The molecule has 0 spiro atoms. The fraction of sp³-hybridized carbons (Fsp3) is 0.154. The first-order chi connectivity index (χ1) is 17.0. The van der Waals surface area contributed by atoms with Crippen LogP contribution in [0.15, 0.2) is 71.5 Å². The zero-order chi connectivity index (χ0) is 24.5. The molecular formula is C26H23N5O4. The van der Waals surface area contributed by atoms with Crippen LogP contribution in [0.5, 0.6) is 11.5 Å². The molecule has 0 radical (unpaired) electrons. The summed E-state index contributed by atoms with van der Waals surface area (Å²) in [6.07, 6.45) is 0. The predicted octanol–water partition coefficient (Wildman–Crippen LogP) is 3.67. The Labute approximate surface area is 200 Å². The van der Waals surface area contributed by atoms with E-state index in [9.17, 15) is 9.59 Å². The van der Waals surface area contributed by atoms with Crippen molar-refractivity contribution in [1.29, 1.82) is 0 Å². The van der Waals surface area contributed by atoms with E-state index in [1.807, 2.05) is 55.5 Å². The third-order valence-electron chi connectivity index (χ3n) is 5.69. The number of carbonyl (C=O) groups is 1. The van der Waals surface area contributed by atoms with E-state index in [0.717, 1.165) is 11.1 Å². The summed E-state index contributed by atoms with van der Waals surface area (Å²) in [6.45, 7) is 2.33. The molecule has 0 bridgehead atoms. The van der Waals surface area contributed by atoms with Crippen LogP contribution in [0.3, 0.4) is 0 Å².